The van der Waals surface area contributed by atoms with Crippen LogP contribution in [0.5, 0.6) is 11.5 Å². The standard InChI is InChI=1S/C14H12N2OS/c1-9-6-10(15)2-5-13(9)17-11-3-4-12-14(7-11)18-8-16-12/h2-8H,15H2,1H3. The van der Waals surface area contributed by atoms with Crippen LogP contribution in [0.4, 0.5) is 5.69 Å². The van der Waals surface area contributed by atoms with Crippen molar-refractivity contribution in [2.24, 2.45) is 0 Å². The van der Waals surface area contributed by atoms with Crippen LogP contribution >= 0.6 is 11.3 Å². The van der Waals surface area contributed by atoms with Gasteiger partial charge in [-0.1, -0.05) is 0 Å². The van der Waals surface area contributed by atoms with Gasteiger partial charge in [0.1, 0.15) is 11.5 Å². The van der Waals surface area contributed by atoms with E-state index in [1.54, 1.807) is 11.3 Å². The quantitative estimate of drug-likeness (QED) is 0.705. The molecule has 1 heterocycles. The fourth-order valence-electron chi connectivity index (χ4n) is 1.81. The molecule has 0 bridgehead atoms. The summed E-state index contributed by atoms with van der Waals surface area (Å²) >= 11 is 1.61. The monoisotopic (exact) mass is 256 g/mol. The summed E-state index contributed by atoms with van der Waals surface area (Å²) in [6, 6.07) is 11.5. The number of nitrogen functional groups attached to an aromatic ring is 1. The summed E-state index contributed by atoms with van der Waals surface area (Å²) in [4.78, 5) is 4.24. The lowest BCUT2D eigenvalue weighted by molar-refractivity contribution is 0.480. The van der Waals surface area contributed by atoms with Crippen molar-refractivity contribution in [2.45, 2.75) is 6.92 Å². The Bertz CT molecular complexity index is 706. The summed E-state index contributed by atoms with van der Waals surface area (Å²) < 4.78 is 6.99. The molecule has 2 aromatic carbocycles. The fourth-order valence-corrected chi connectivity index (χ4v) is 2.52. The van der Waals surface area contributed by atoms with E-state index in [0.29, 0.717) is 0 Å². The maximum absolute atomic E-state index is 5.86. The van der Waals surface area contributed by atoms with E-state index in [1.165, 1.54) is 0 Å². The molecular weight excluding hydrogens is 244 g/mol. The van der Waals surface area contributed by atoms with E-state index in [9.17, 15) is 0 Å². The summed E-state index contributed by atoms with van der Waals surface area (Å²) in [7, 11) is 0. The Balaban J connectivity index is 1.95. The zero-order valence-corrected chi connectivity index (χ0v) is 10.7. The van der Waals surface area contributed by atoms with Crippen LogP contribution in [0.2, 0.25) is 0 Å². The van der Waals surface area contributed by atoms with E-state index in [0.717, 1.165) is 33.0 Å². The number of aryl methyl sites for hydroxylation is 1. The molecule has 4 heteroatoms. The van der Waals surface area contributed by atoms with Gasteiger partial charge < -0.3 is 10.5 Å². The van der Waals surface area contributed by atoms with Crippen molar-refractivity contribution in [3.8, 4) is 11.5 Å². The minimum absolute atomic E-state index is 0.748. The Morgan fingerprint density at radius 1 is 1.17 bits per heavy atom. The number of hydrogen-bond donors (Lipinski definition) is 1. The summed E-state index contributed by atoms with van der Waals surface area (Å²) in [6.07, 6.45) is 0. The first-order valence-corrected chi connectivity index (χ1v) is 6.47. The smallest absolute Gasteiger partial charge is 0.130 e. The largest absolute Gasteiger partial charge is 0.457 e. The average Bonchev–Trinajstić information content (AvgIpc) is 2.80. The van der Waals surface area contributed by atoms with Crippen LogP contribution in [-0.4, -0.2) is 4.98 Å². The minimum atomic E-state index is 0.748. The van der Waals surface area contributed by atoms with Gasteiger partial charge in [-0.3, -0.25) is 0 Å². The molecule has 0 unspecified atom stereocenters. The van der Waals surface area contributed by atoms with E-state index in [4.69, 9.17) is 10.5 Å². The van der Waals surface area contributed by atoms with Crippen molar-refractivity contribution in [2.75, 3.05) is 5.73 Å². The second kappa shape index (κ2) is 4.31. The number of thiazole rings is 1. The highest BCUT2D eigenvalue weighted by Crippen LogP contribution is 2.29. The highest BCUT2D eigenvalue weighted by atomic mass is 32.1. The fraction of sp³-hybridized carbons (Fsp3) is 0.0714. The SMILES string of the molecule is Cc1cc(N)ccc1Oc1ccc2ncsc2c1. The van der Waals surface area contributed by atoms with Crippen LogP contribution in [-0.2, 0) is 0 Å². The second-order valence-electron chi connectivity index (χ2n) is 4.11. The van der Waals surface area contributed by atoms with Crippen molar-refractivity contribution < 1.29 is 4.74 Å². The van der Waals surface area contributed by atoms with E-state index in [1.807, 2.05) is 48.8 Å². The highest BCUT2D eigenvalue weighted by molar-refractivity contribution is 7.16. The van der Waals surface area contributed by atoms with Crippen LogP contribution in [0.3, 0.4) is 0 Å². The number of ether oxygens (including phenoxy) is 1. The van der Waals surface area contributed by atoms with Crippen LogP contribution in [0.25, 0.3) is 10.2 Å². The van der Waals surface area contributed by atoms with Crippen molar-refractivity contribution >= 4 is 27.2 Å². The number of anilines is 1. The van der Waals surface area contributed by atoms with Crippen molar-refractivity contribution in [1.29, 1.82) is 0 Å². The molecule has 0 atom stereocenters. The predicted octanol–water partition coefficient (Wildman–Crippen LogP) is 3.98. The number of nitrogens with two attached hydrogens (primary N) is 1. The van der Waals surface area contributed by atoms with Gasteiger partial charge in [0.15, 0.2) is 0 Å². The van der Waals surface area contributed by atoms with E-state index in [2.05, 4.69) is 4.98 Å². The normalized spacial score (nSPS) is 10.7. The lowest BCUT2D eigenvalue weighted by atomic mass is 10.2. The maximum atomic E-state index is 5.86. The van der Waals surface area contributed by atoms with Gasteiger partial charge in [-0.15, -0.1) is 11.3 Å². The van der Waals surface area contributed by atoms with Gasteiger partial charge in [-0.2, -0.15) is 0 Å². The molecular formula is C14H12N2OS. The van der Waals surface area contributed by atoms with Gasteiger partial charge in [0.05, 0.1) is 15.7 Å². The molecule has 0 saturated carbocycles. The van der Waals surface area contributed by atoms with Crippen molar-refractivity contribution in [3.05, 3.63) is 47.5 Å². The lowest BCUT2D eigenvalue weighted by Gasteiger charge is -2.09. The van der Waals surface area contributed by atoms with E-state index < -0.39 is 0 Å². The number of rotatable bonds is 2. The Kier molecular flexibility index (Phi) is 2.64. The lowest BCUT2D eigenvalue weighted by Crippen LogP contribution is -1.90. The predicted molar refractivity (Wildman–Crippen MR) is 75.3 cm³/mol. The Labute approximate surface area is 109 Å². The molecule has 0 radical (unpaired) electrons. The van der Waals surface area contributed by atoms with Crippen molar-refractivity contribution in [3.63, 3.8) is 0 Å². The Morgan fingerprint density at radius 3 is 2.89 bits per heavy atom. The molecule has 3 aromatic rings. The molecule has 0 spiro atoms. The minimum Gasteiger partial charge on any atom is -0.457 e. The Hall–Kier alpha value is -2.07. The molecule has 1 aromatic heterocycles. The first-order chi connectivity index (χ1) is 8.72. The topological polar surface area (TPSA) is 48.1 Å². The number of aromatic nitrogens is 1. The summed E-state index contributed by atoms with van der Waals surface area (Å²) in [5.41, 5.74) is 10.3. The summed E-state index contributed by atoms with van der Waals surface area (Å²) in [6.45, 7) is 1.98. The maximum Gasteiger partial charge on any atom is 0.130 e. The van der Waals surface area contributed by atoms with Gasteiger partial charge >= 0.3 is 0 Å². The van der Waals surface area contributed by atoms with Crippen LogP contribution in [0, 0.1) is 6.92 Å². The third-order valence-corrected chi connectivity index (χ3v) is 3.52. The van der Waals surface area contributed by atoms with Gasteiger partial charge in [0, 0.05) is 11.8 Å². The van der Waals surface area contributed by atoms with Gasteiger partial charge in [-0.25, -0.2) is 4.98 Å². The molecule has 18 heavy (non-hydrogen) atoms. The molecule has 2 N–H and O–H groups in total. The summed E-state index contributed by atoms with van der Waals surface area (Å²) in [5, 5.41) is 0. The molecule has 0 aliphatic carbocycles. The molecule has 0 fully saturated rings. The highest BCUT2D eigenvalue weighted by Gasteiger charge is 2.04. The third kappa shape index (κ3) is 2.02. The van der Waals surface area contributed by atoms with Gasteiger partial charge in [0.25, 0.3) is 0 Å². The van der Waals surface area contributed by atoms with Gasteiger partial charge in [0.2, 0.25) is 0 Å². The van der Waals surface area contributed by atoms with Gasteiger partial charge in [-0.05, 0) is 42.8 Å². The molecule has 3 rings (SSSR count). The third-order valence-electron chi connectivity index (χ3n) is 2.73. The average molecular weight is 256 g/mol. The molecule has 0 aliphatic heterocycles. The van der Waals surface area contributed by atoms with E-state index in [-0.39, 0.29) is 0 Å². The molecule has 0 amide bonds. The molecule has 3 nitrogen and oxygen atoms in total. The van der Waals surface area contributed by atoms with Crippen LogP contribution in [0.15, 0.2) is 41.9 Å². The zero-order chi connectivity index (χ0) is 12.5. The van der Waals surface area contributed by atoms with E-state index >= 15 is 0 Å². The molecule has 90 valence electrons. The number of fused-ring (bicyclic) bond motifs is 1. The number of nitrogens with zero attached hydrogens (tertiary/aromatic N) is 1. The van der Waals surface area contributed by atoms with Crippen LogP contribution in [0.1, 0.15) is 5.56 Å². The Morgan fingerprint density at radius 2 is 2.06 bits per heavy atom. The van der Waals surface area contributed by atoms with Crippen molar-refractivity contribution in [1.82, 2.24) is 4.98 Å². The number of hydrogen-bond acceptors (Lipinski definition) is 4. The first-order valence-electron chi connectivity index (χ1n) is 5.59. The first kappa shape index (κ1) is 11.0. The second-order valence-corrected chi connectivity index (χ2v) is 5.00. The number of benzene rings is 2. The zero-order valence-electron chi connectivity index (χ0n) is 9.88. The molecule has 0 saturated heterocycles. The van der Waals surface area contributed by atoms with Crippen LogP contribution < -0.4 is 10.5 Å². The summed E-state index contributed by atoms with van der Waals surface area (Å²) in [5.74, 6) is 1.65. The molecule has 0 aliphatic rings.